The molecule has 0 radical (unpaired) electrons. The minimum atomic E-state index is -0.289. The molecule has 0 bridgehead atoms. The first-order chi connectivity index (χ1) is 9.22. The fourth-order valence-electron chi connectivity index (χ4n) is 2.15. The van der Waals surface area contributed by atoms with Crippen molar-refractivity contribution in [3.05, 3.63) is 29.8 Å². The lowest BCUT2D eigenvalue weighted by Gasteiger charge is -2.17. The SMILES string of the molecule is CCCNC(=O)NCC(=O)N1CCc2ccccc21. The zero-order valence-corrected chi connectivity index (χ0v) is 11.1. The minimum absolute atomic E-state index is 0.0316. The fourth-order valence-corrected chi connectivity index (χ4v) is 2.15. The third-order valence-electron chi connectivity index (χ3n) is 3.12. The van der Waals surface area contributed by atoms with Gasteiger partial charge >= 0.3 is 6.03 Å². The van der Waals surface area contributed by atoms with Gasteiger partial charge in [0, 0.05) is 18.8 Å². The summed E-state index contributed by atoms with van der Waals surface area (Å²) < 4.78 is 0. The highest BCUT2D eigenvalue weighted by Gasteiger charge is 2.23. The van der Waals surface area contributed by atoms with E-state index in [4.69, 9.17) is 0 Å². The summed E-state index contributed by atoms with van der Waals surface area (Å²) in [4.78, 5) is 25.2. The van der Waals surface area contributed by atoms with Crippen LogP contribution < -0.4 is 15.5 Å². The van der Waals surface area contributed by atoms with Gasteiger partial charge in [-0.3, -0.25) is 4.79 Å². The summed E-state index contributed by atoms with van der Waals surface area (Å²) in [5.41, 5.74) is 2.15. The Balaban J connectivity index is 1.87. The van der Waals surface area contributed by atoms with Crippen molar-refractivity contribution >= 4 is 17.6 Å². The first-order valence-corrected chi connectivity index (χ1v) is 6.62. The highest BCUT2D eigenvalue weighted by molar-refractivity contribution is 5.98. The second-order valence-corrected chi connectivity index (χ2v) is 4.53. The average Bonchev–Trinajstić information content (AvgIpc) is 2.86. The van der Waals surface area contributed by atoms with Gasteiger partial charge in [0.15, 0.2) is 0 Å². The third-order valence-corrected chi connectivity index (χ3v) is 3.12. The summed E-state index contributed by atoms with van der Waals surface area (Å²) >= 11 is 0. The largest absolute Gasteiger partial charge is 0.338 e. The smallest absolute Gasteiger partial charge is 0.315 e. The third kappa shape index (κ3) is 3.24. The molecule has 1 aromatic rings. The van der Waals surface area contributed by atoms with Gasteiger partial charge in [0.05, 0.1) is 6.54 Å². The molecule has 1 aromatic carbocycles. The lowest BCUT2D eigenvalue weighted by atomic mass is 10.2. The molecule has 0 atom stereocenters. The maximum atomic E-state index is 12.1. The number of carbonyl (C=O) groups excluding carboxylic acids is 2. The van der Waals surface area contributed by atoms with E-state index < -0.39 is 0 Å². The molecule has 0 fully saturated rings. The molecular weight excluding hydrogens is 242 g/mol. The summed E-state index contributed by atoms with van der Waals surface area (Å²) in [6, 6.07) is 7.58. The standard InChI is InChI=1S/C14H19N3O2/c1-2-8-15-14(19)16-10-13(18)17-9-7-11-5-3-4-6-12(11)17/h3-6H,2,7-10H2,1H3,(H2,15,16,19). The number of amides is 3. The van der Waals surface area contributed by atoms with Gasteiger partial charge in [0.25, 0.3) is 0 Å². The van der Waals surface area contributed by atoms with Crippen LogP contribution in [-0.4, -0.2) is 31.6 Å². The Bertz CT molecular complexity index is 474. The first kappa shape index (κ1) is 13.4. The Morgan fingerprint density at radius 3 is 2.84 bits per heavy atom. The van der Waals surface area contributed by atoms with Gasteiger partial charge in [-0.15, -0.1) is 0 Å². The second-order valence-electron chi connectivity index (χ2n) is 4.53. The van der Waals surface area contributed by atoms with Crippen LogP contribution in [-0.2, 0) is 11.2 Å². The van der Waals surface area contributed by atoms with Crippen LogP contribution in [0.1, 0.15) is 18.9 Å². The molecule has 2 N–H and O–H groups in total. The molecule has 0 aliphatic carbocycles. The Kier molecular flexibility index (Phi) is 4.39. The number of hydrogen-bond acceptors (Lipinski definition) is 2. The van der Waals surface area contributed by atoms with E-state index in [1.165, 1.54) is 5.56 Å². The fraction of sp³-hybridized carbons (Fsp3) is 0.429. The van der Waals surface area contributed by atoms with Gasteiger partial charge in [-0.1, -0.05) is 25.1 Å². The quantitative estimate of drug-likeness (QED) is 0.857. The monoisotopic (exact) mass is 261 g/mol. The maximum absolute atomic E-state index is 12.1. The number of nitrogens with one attached hydrogen (secondary N) is 2. The molecule has 102 valence electrons. The Hall–Kier alpha value is -2.04. The molecule has 1 heterocycles. The average molecular weight is 261 g/mol. The Morgan fingerprint density at radius 1 is 1.26 bits per heavy atom. The molecule has 1 aliphatic rings. The van der Waals surface area contributed by atoms with Crippen LogP contribution in [0.3, 0.4) is 0 Å². The van der Waals surface area contributed by atoms with Gasteiger partial charge in [-0.2, -0.15) is 0 Å². The number of benzene rings is 1. The summed E-state index contributed by atoms with van der Waals surface area (Å²) in [7, 11) is 0. The molecule has 0 spiro atoms. The summed E-state index contributed by atoms with van der Waals surface area (Å²) in [5, 5.41) is 5.26. The second kappa shape index (κ2) is 6.22. The van der Waals surface area contributed by atoms with E-state index in [2.05, 4.69) is 10.6 Å². The lowest BCUT2D eigenvalue weighted by Crippen LogP contribution is -2.43. The number of nitrogens with zero attached hydrogens (tertiary/aromatic N) is 1. The molecule has 2 rings (SSSR count). The summed E-state index contributed by atoms with van der Waals surface area (Å²) in [6.45, 7) is 3.32. The molecular formula is C14H19N3O2. The predicted molar refractivity (Wildman–Crippen MR) is 74.2 cm³/mol. The molecule has 0 aromatic heterocycles. The van der Waals surface area contributed by atoms with Crippen molar-refractivity contribution in [3.63, 3.8) is 0 Å². The number of para-hydroxylation sites is 1. The van der Waals surface area contributed by atoms with Crippen LogP contribution in [0.2, 0.25) is 0 Å². The molecule has 0 saturated carbocycles. The number of hydrogen-bond donors (Lipinski definition) is 2. The van der Waals surface area contributed by atoms with E-state index in [9.17, 15) is 9.59 Å². The van der Waals surface area contributed by atoms with Crippen molar-refractivity contribution in [2.75, 3.05) is 24.5 Å². The van der Waals surface area contributed by atoms with Crippen molar-refractivity contribution in [2.24, 2.45) is 0 Å². The van der Waals surface area contributed by atoms with E-state index in [0.29, 0.717) is 13.1 Å². The van der Waals surface area contributed by atoms with Gasteiger partial charge in [0.2, 0.25) is 5.91 Å². The van der Waals surface area contributed by atoms with Crippen molar-refractivity contribution in [1.82, 2.24) is 10.6 Å². The highest BCUT2D eigenvalue weighted by Crippen LogP contribution is 2.27. The van der Waals surface area contributed by atoms with Crippen LogP contribution in [0.15, 0.2) is 24.3 Å². The number of fused-ring (bicyclic) bond motifs is 1. The molecule has 1 aliphatic heterocycles. The van der Waals surface area contributed by atoms with Crippen LogP contribution in [0.25, 0.3) is 0 Å². The van der Waals surface area contributed by atoms with Crippen LogP contribution in [0.4, 0.5) is 10.5 Å². The van der Waals surface area contributed by atoms with Gasteiger partial charge < -0.3 is 15.5 Å². The number of urea groups is 1. The van der Waals surface area contributed by atoms with E-state index in [0.717, 1.165) is 18.5 Å². The summed E-state index contributed by atoms with van der Waals surface area (Å²) in [5.74, 6) is -0.0726. The van der Waals surface area contributed by atoms with Crippen LogP contribution >= 0.6 is 0 Å². The zero-order chi connectivity index (χ0) is 13.7. The Labute approximate surface area is 113 Å². The first-order valence-electron chi connectivity index (χ1n) is 6.62. The van der Waals surface area contributed by atoms with Crippen molar-refractivity contribution in [1.29, 1.82) is 0 Å². The van der Waals surface area contributed by atoms with Gasteiger partial charge in [-0.25, -0.2) is 4.79 Å². The molecule has 5 heteroatoms. The highest BCUT2D eigenvalue weighted by atomic mass is 16.2. The van der Waals surface area contributed by atoms with E-state index in [1.54, 1.807) is 4.90 Å². The van der Waals surface area contributed by atoms with E-state index >= 15 is 0 Å². The molecule has 3 amide bonds. The molecule has 0 unspecified atom stereocenters. The van der Waals surface area contributed by atoms with Crippen LogP contribution in [0, 0.1) is 0 Å². The van der Waals surface area contributed by atoms with Crippen molar-refractivity contribution in [2.45, 2.75) is 19.8 Å². The molecule has 5 nitrogen and oxygen atoms in total. The normalized spacial score (nSPS) is 13.0. The molecule has 0 saturated heterocycles. The van der Waals surface area contributed by atoms with Crippen LogP contribution in [0.5, 0.6) is 0 Å². The van der Waals surface area contributed by atoms with Crippen molar-refractivity contribution in [3.8, 4) is 0 Å². The summed E-state index contributed by atoms with van der Waals surface area (Å²) in [6.07, 6.45) is 1.75. The maximum Gasteiger partial charge on any atom is 0.315 e. The predicted octanol–water partition coefficient (Wildman–Crippen LogP) is 1.28. The topological polar surface area (TPSA) is 61.4 Å². The number of rotatable bonds is 4. The zero-order valence-electron chi connectivity index (χ0n) is 11.1. The van der Waals surface area contributed by atoms with Gasteiger partial charge in [0.1, 0.15) is 0 Å². The van der Waals surface area contributed by atoms with Crippen molar-refractivity contribution < 1.29 is 9.59 Å². The van der Waals surface area contributed by atoms with E-state index in [-0.39, 0.29) is 18.5 Å². The number of carbonyl (C=O) groups is 2. The van der Waals surface area contributed by atoms with E-state index in [1.807, 2.05) is 31.2 Å². The molecule has 19 heavy (non-hydrogen) atoms. The number of anilines is 1. The minimum Gasteiger partial charge on any atom is -0.338 e. The lowest BCUT2D eigenvalue weighted by molar-refractivity contribution is -0.117. The Morgan fingerprint density at radius 2 is 2.05 bits per heavy atom. The van der Waals surface area contributed by atoms with Gasteiger partial charge in [-0.05, 0) is 24.5 Å².